The number of pyridine rings is 3. The fraction of sp³-hybridized carbons (Fsp3) is 0. The Morgan fingerprint density at radius 3 is 1.37 bits per heavy atom. The third kappa shape index (κ3) is 3.90. The van der Waals surface area contributed by atoms with E-state index < -0.39 is 11.9 Å². The first-order valence-corrected chi connectivity index (χ1v) is 8.96. The first-order valence-electron chi connectivity index (χ1n) is 8.96. The van der Waals surface area contributed by atoms with Crippen LogP contribution in [0.3, 0.4) is 0 Å². The maximum absolute atomic E-state index is 11.5. The van der Waals surface area contributed by atoms with Gasteiger partial charge in [0.25, 0.3) is 0 Å². The maximum atomic E-state index is 11.5. The number of carboxylic acids is 2. The minimum Gasteiger partial charge on any atom is -0.478 e. The molecular formula is C23H15N3O4. The van der Waals surface area contributed by atoms with Crippen molar-refractivity contribution in [1.82, 2.24) is 15.0 Å². The Labute approximate surface area is 171 Å². The molecule has 7 nitrogen and oxygen atoms in total. The maximum Gasteiger partial charge on any atom is 0.335 e. The predicted molar refractivity (Wildman–Crippen MR) is 110 cm³/mol. The van der Waals surface area contributed by atoms with Gasteiger partial charge in [0, 0.05) is 35.9 Å². The van der Waals surface area contributed by atoms with Crippen molar-refractivity contribution in [3.63, 3.8) is 0 Å². The second kappa shape index (κ2) is 7.92. The largest absolute Gasteiger partial charge is 0.478 e. The topological polar surface area (TPSA) is 113 Å². The molecule has 4 rings (SSSR count). The molecule has 0 aliphatic heterocycles. The Morgan fingerprint density at radius 2 is 0.967 bits per heavy atom. The summed E-state index contributed by atoms with van der Waals surface area (Å²) in [5.41, 5.74) is 3.88. The normalized spacial score (nSPS) is 10.5. The Morgan fingerprint density at radius 1 is 0.567 bits per heavy atom. The van der Waals surface area contributed by atoms with Crippen molar-refractivity contribution in [2.75, 3.05) is 0 Å². The first-order chi connectivity index (χ1) is 14.5. The highest BCUT2D eigenvalue weighted by Gasteiger charge is 2.15. The molecule has 3 aromatic heterocycles. The number of carboxylic acid groups (broad SMARTS) is 2. The zero-order valence-electron chi connectivity index (χ0n) is 15.6. The van der Waals surface area contributed by atoms with Crippen LogP contribution >= 0.6 is 0 Å². The summed E-state index contributed by atoms with van der Waals surface area (Å²) in [4.78, 5) is 35.8. The van der Waals surface area contributed by atoms with Gasteiger partial charge in [-0.3, -0.25) is 9.97 Å². The molecule has 0 bridgehead atoms. The Hall–Kier alpha value is -4.39. The van der Waals surface area contributed by atoms with Crippen LogP contribution in [0.25, 0.3) is 33.6 Å². The molecule has 1 aromatic carbocycles. The third-order valence-corrected chi connectivity index (χ3v) is 4.54. The minimum absolute atomic E-state index is 0.0994. The summed E-state index contributed by atoms with van der Waals surface area (Å²) in [5.74, 6) is -2.39. The van der Waals surface area contributed by atoms with E-state index in [1.54, 1.807) is 36.9 Å². The van der Waals surface area contributed by atoms with Gasteiger partial charge in [-0.25, -0.2) is 14.6 Å². The molecule has 2 N–H and O–H groups in total. The highest BCUT2D eigenvalue weighted by atomic mass is 16.4. The van der Waals surface area contributed by atoms with Gasteiger partial charge in [-0.05, 0) is 65.7 Å². The van der Waals surface area contributed by atoms with Crippen LogP contribution in [-0.4, -0.2) is 37.1 Å². The Balaban J connectivity index is 1.96. The summed E-state index contributed by atoms with van der Waals surface area (Å²) >= 11 is 0. The number of benzene rings is 1. The van der Waals surface area contributed by atoms with Gasteiger partial charge in [0.1, 0.15) is 0 Å². The molecule has 30 heavy (non-hydrogen) atoms. The van der Waals surface area contributed by atoms with Crippen LogP contribution in [0, 0.1) is 0 Å². The molecule has 0 radical (unpaired) electrons. The highest BCUT2D eigenvalue weighted by Crippen LogP contribution is 2.31. The second-order valence-electron chi connectivity index (χ2n) is 6.51. The average Bonchev–Trinajstić information content (AvgIpc) is 2.79. The van der Waals surface area contributed by atoms with E-state index in [0.717, 1.165) is 17.2 Å². The summed E-state index contributed by atoms with van der Waals surface area (Å²) in [6, 6.07) is 14.9. The predicted octanol–water partition coefficient (Wildman–Crippen LogP) is 4.27. The highest BCUT2D eigenvalue weighted by molar-refractivity contribution is 5.96. The van der Waals surface area contributed by atoms with E-state index in [1.165, 1.54) is 12.1 Å². The van der Waals surface area contributed by atoms with Gasteiger partial charge in [-0.2, -0.15) is 0 Å². The summed E-state index contributed by atoms with van der Waals surface area (Å²) in [7, 11) is 0. The van der Waals surface area contributed by atoms with E-state index in [2.05, 4.69) is 9.97 Å². The van der Waals surface area contributed by atoms with Gasteiger partial charge in [0.15, 0.2) is 0 Å². The molecule has 0 atom stereocenters. The molecule has 0 aliphatic carbocycles. The molecule has 0 aliphatic rings. The molecule has 3 heterocycles. The number of nitrogens with zero attached hydrogens (tertiary/aromatic N) is 3. The summed E-state index contributed by atoms with van der Waals surface area (Å²) < 4.78 is 0. The third-order valence-electron chi connectivity index (χ3n) is 4.54. The SMILES string of the molecule is O=C(O)c1cc(C(=O)O)cc(-c2cc(-c3ccncc3)nc(-c3ccncc3)c2)c1. The Kier molecular flexibility index (Phi) is 5.00. The van der Waals surface area contributed by atoms with Crippen LogP contribution < -0.4 is 0 Å². The van der Waals surface area contributed by atoms with Crippen molar-refractivity contribution >= 4 is 11.9 Å². The molecule has 0 saturated carbocycles. The molecule has 0 saturated heterocycles. The van der Waals surface area contributed by atoms with Crippen LogP contribution in [0.2, 0.25) is 0 Å². The summed E-state index contributed by atoms with van der Waals surface area (Å²) in [6.45, 7) is 0. The lowest BCUT2D eigenvalue weighted by Gasteiger charge is -2.11. The number of rotatable bonds is 5. The van der Waals surface area contributed by atoms with Gasteiger partial charge in [0.2, 0.25) is 0 Å². The van der Waals surface area contributed by atoms with Crippen molar-refractivity contribution in [2.45, 2.75) is 0 Å². The van der Waals surface area contributed by atoms with E-state index in [1.807, 2.05) is 24.3 Å². The lowest BCUT2D eigenvalue weighted by atomic mass is 9.97. The lowest BCUT2D eigenvalue weighted by molar-refractivity contribution is 0.0696. The molecule has 0 fully saturated rings. The standard InChI is InChI=1S/C23H15N3O4/c27-22(28)18-9-16(10-19(11-18)23(29)30)17-12-20(14-1-5-24-6-2-14)26-21(13-17)15-3-7-25-8-4-15/h1-13H,(H,27,28)(H,29,30). The van der Waals surface area contributed by atoms with Gasteiger partial charge in [0.05, 0.1) is 22.5 Å². The van der Waals surface area contributed by atoms with Crippen LogP contribution in [-0.2, 0) is 0 Å². The van der Waals surface area contributed by atoms with Crippen LogP contribution in [0.1, 0.15) is 20.7 Å². The lowest BCUT2D eigenvalue weighted by Crippen LogP contribution is -2.03. The molecule has 0 spiro atoms. The number of aromatic carboxylic acids is 2. The Bertz CT molecular complexity index is 1150. The molecule has 0 amide bonds. The van der Waals surface area contributed by atoms with Crippen LogP contribution in [0.15, 0.2) is 79.4 Å². The smallest absolute Gasteiger partial charge is 0.335 e. The van der Waals surface area contributed by atoms with Gasteiger partial charge >= 0.3 is 11.9 Å². The zero-order valence-corrected chi connectivity index (χ0v) is 15.6. The van der Waals surface area contributed by atoms with Crippen molar-refractivity contribution in [1.29, 1.82) is 0 Å². The molecule has 4 aromatic rings. The van der Waals surface area contributed by atoms with Crippen molar-refractivity contribution in [3.05, 3.63) is 90.5 Å². The van der Waals surface area contributed by atoms with E-state index in [-0.39, 0.29) is 11.1 Å². The van der Waals surface area contributed by atoms with Crippen molar-refractivity contribution < 1.29 is 19.8 Å². The van der Waals surface area contributed by atoms with E-state index in [4.69, 9.17) is 4.98 Å². The van der Waals surface area contributed by atoms with E-state index >= 15 is 0 Å². The van der Waals surface area contributed by atoms with Gasteiger partial charge in [-0.15, -0.1) is 0 Å². The fourth-order valence-electron chi connectivity index (χ4n) is 3.08. The minimum atomic E-state index is -1.20. The van der Waals surface area contributed by atoms with E-state index in [0.29, 0.717) is 22.5 Å². The average molecular weight is 397 g/mol. The van der Waals surface area contributed by atoms with Crippen molar-refractivity contribution in [3.8, 4) is 33.6 Å². The van der Waals surface area contributed by atoms with Crippen molar-refractivity contribution in [2.24, 2.45) is 0 Å². The second-order valence-corrected chi connectivity index (χ2v) is 6.51. The zero-order chi connectivity index (χ0) is 21.1. The monoisotopic (exact) mass is 397 g/mol. The molecule has 0 unspecified atom stereocenters. The summed E-state index contributed by atoms with van der Waals surface area (Å²) in [5, 5.41) is 18.8. The first kappa shape index (κ1) is 18.9. The van der Waals surface area contributed by atoms with Crippen LogP contribution in [0.5, 0.6) is 0 Å². The summed E-state index contributed by atoms with van der Waals surface area (Å²) in [6.07, 6.45) is 6.62. The van der Waals surface area contributed by atoms with E-state index in [9.17, 15) is 19.8 Å². The van der Waals surface area contributed by atoms with Gasteiger partial charge in [-0.1, -0.05) is 0 Å². The number of aromatic nitrogens is 3. The molecule has 7 heteroatoms. The molecular weight excluding hydrogens is 382 g/mol. The fourth-order valence-corrected chi connectivity index (χ4v) is 3.08. The number of hydrogen-bond acceptors (Lipinski definition) is 5. The quantitative estimate of drug-likeness (QED) is 0.517. The number of hydrogen-bond donors (Lipinski definition) is 2. The van der Waals surface area contributed by atoms with Gasteiger partial charge < -0.3 is 10.2 Å². The van der Waals surface area contributed by atoms with Crippen LogP contribution in [0.4, 0.5) is 0 Å². The molecule has 146 valence electrons. The number of carbonyl (C=O) groups is 2.